The Hall–Kier alpha value is -2.65. The molecule has 1 aromatic rings. The summed E-state index contributed by atoms with van der Waals surface area (Å²) >= 11 is 0. The smallest absolute Gasteiger partial charge is 0.414 e. The Morgan fingerprint density at radius 3 is 2.14 bits per heavy atom. The van der Waals surface area contributed by atoms with Crippen LogP contribution in [-0.4, -0.2) is 91.2 Å². The Morgan fingerprint density at radius 1 is 1.04 bits per heavy atom. The van der Waals surface area contributed by atoms with Crippen molar-refractivity contribution in [1.82, 2.24) is 9.80 Å². The molecule has 0 amide bonds. The molecule has 0 unspecified atom stereocenters. The molecule has 0 aliphatic carbocycles. The van der Waals surface area contributed by atoms with E-state index in [-0.39, 0.29) is 5.78 Å². The van der Waals surface area contributed by atoms with E-state index >= 15 is 0 Å². The Morgan fingerprint density at radius 2 is 1.64 bits per heavy atom. The molecule has 2 rings (SSSR count). The molecule has 0 atom stereocenters. The lowest BCUT2D eigenvalue weighted by Gasteiger charge is -2.32. The molecule has 1 saturated heterocycles. The number of carbonyl (C=O) groups excluding carboxylic acids is 1. The van der Waals surface area contributed by atoms with Gasteiger partial charge in [0.05, 0.1) is 13.7 Å². The van der Waals surface area contributed by atoms with Crippen LogP contribution in [0, 0.1) is 0 Å². The number of benzene rings is 1. The second-order valence-corrected chi connectivity index (χ2v) is 6.38. The minimum atomic E-state index is -1.82. The fourth-order valence-corrected chi connectivity index (χ4v) is 2.55. The van der Waals surface area contributed by atoms with Gasteiger partial charge in [-0.15, -0.1) is 0 Å². The first-order valence-corrected chi connectivity index (χ1v) is 8.93. The summed E-state index contributed by atoms with van der Waals surface area (Å²) in [6, 6.07) is 5.32. The zero-order chi connectivity index (χ0) is 21.1. The van der Waals surface area contributed by atoms with Gasteiger partial charge in [0.2, 0.25) is 0 Å². The van der Waals surface area contributed by atoms with Gasteiger partial charge in [-0.3, -0.25) is 4.79 Å². The van der Waals surface area contributed by atoms with Gasteiger partial charge >= 0.3 is 11.9 Å². The Kier molecular flexibility index (Phi) is 9.97. The van der Waals surface area contributed by atoms with Crippen molar-refractivity contribution < 1.29 is 34.1 Å². The van der Waals surface area contributed by atoms with Crippen molar-refractivity contribution in [2.75, 3.05) is 53.5 Å². The number of hydrogen-bond donors (Lipinski definition) is 2. The maximum Gasteiger partial charge on any atom is 0.414 e. The highest BCUT2D eigenvalue weighted by molar-refractivity contribution is 6.27. The van der Waals surface area contributed by atoms with E-state index < -0.39 is 11.9 Å². The molecule has 1 fully saturated rings. The number of likely N-dealkylation sites (N-methyl/N-ethyl adjacent to an activating group) is 1. The van der Waals surface area contributed by atoms with Crippen LogP contribution >= 0.6 is 0 Å². The molecule has 0 radical (unpaired) electrons. The third kappa shape index (κ3) is 8.36. The topological polar surface area (TPSA) is 117 Å². The number of ether oxygens (including phenoxy) is 2. The number of rotatable bonds is 7. The number of carboxylic acids is 2. The number of ketones is 1. The molecule has 0 spiro atoms. The van der Waals surface area contributed by atoms with Crippen molar-refractivity contribution in [2.24, 2.45) is 0 Å². The lowest BCUT2D eigenvalue weighted by atomic mass is 10.1. The van der Waals surface area contributed by atoms with Gasteiger partial charge in [-0.25, -0.2) is 9.59 Å². The summed E-state index contributed by atoms with van der Waals surface area (Å²) in [5.74, 6) is -2.30. The number of carbonyl (C=O) groups is 3. The van der Waals surface area contributed by atoms with E-state index in [0.29, 0.717) is 23.7 Å². The quantitative estimate of drug-likeness (QED) is 0.396. The molecule has 28 heavy (non-hydrogen) atoms. The third-order valence-corrected chi connectivity index (χ3v) is 4.23. The molecule has 0 bridgehead atoms. The van der Waals surface area contributed by atoms with Gasteiger partial charge in [-0.2, -0.15) is 0 Å². The van der Waals surface area contributed by atoms with Gasteiger partial charge in [-0.1, -0.05) is 0 Å². The number of Topliss-reactive ketones (excluding diaryl/α,β-unsaturated/α-hetero) is 1. The second kappa shape index (κ2) is 11.9. The predicted octanol–water partition coefficient (Wildman–Crippen LogP) is 1.07. The van der Waals surface area contributed by atoms with Crippen LogP contribution in [0.25, 0.3) is 0 Å². The van der Waals surface area contributed by atoms with Crippen molar-refractivity contribution in [3.63, 3.8) is 0 Å². The zero-order valence-corrected chi connectivity index (χ0v) is 16.5. The number of nitrogens with zero attached hydrogens (tertiary/aromatic N) is 2. The molecular formula is C19H28N2O7. The molecule has 9 heteroatoms. The van der Waals surface area contributed by atoms with Crippen LogP contribution in [0.2, 0.25) is 0 Å². The summed E-state index contributed by atoms with van der Waals surface area (Å²) in [6.07, 6.45) is 0.987. The molecule has 1 aromatic carbocycles. The summed E-state index contributed by atoms with van der Waals surface area (Å²) in [6.45, 7) is 7.80. The van der Waals surface area contributed by atoms with Gasteiger partial charge in [-0.05, 0) is 38.6 Å². The van der Waals surface area contributed by atoms with Crippen molar-refractivity contribution in [3.8, 4) is 11.5 Å². The largest absolute Gasteiger partial charge is 0.493 e. The average molecular weight is 396 g/mol. The van der Waals surface area contributed by atoms with Gasteiger partial charge in [0.25, 0.3) is 0 Å². The van der Waals surface area contributed by atoms with E-state index in [0.717, 1.165) is 39.1 Å². The Balaban J connectivity index is 0.000000568. The first-order valence-electron chi connectivity index (χ1n) is 8.93. The van der Waals surface area contributed by atoms with Crippen LogP contribution < -0.4 is 9.47 Å². The standard InChI is InChI=1S/C17H26N2O3.C2H2O4/c1-14(20)15-5-6-16(17(13-15)21-3)22-12-4-7-19-10-8-18(2)9-11-19;3-1(4)2(5)6/h5-6,13H,4,7-12H2,1-3H3;(H,3,4)(H,5,6). The van der Waals surface area contributed by atoms with E-state index in [1.807, 2.05) is 6.07 Å². The molecular weight excluding hydrogens is 368 g/mol. The van der Waals surface area contributed by atoms with Crippen LogP contribution in [0.5, 0.6) is 11.5 Å². The number of aliphatic carboxylic acids is 2. The SMILES string of the molecule is COc1cc(C(C)=O)ccc1OCCCN1CCN(C)CC1.O=C(O)C(=O)O. The van der Waals surface area contributed by atoms with Gasteiger partial charge in [0, 0.05) is 38.3 Å². The van der Waals surface area contributed by atoms with E-state index in [9.17, 15) is 4.79 Å². The normalized spacial score (nSPS) is 14.5. The lowest BCUT2D eigenvalue weighted by molar-refractivity contribution is -0.159. The molecule has 0 aromatic heterocycles. The fraction of sp³-hybridized carbons (Fsp3) is 0.526. The van der Waals surface area contributed by atoms with Crippen LogP contribution in [0.15, 0.2) is 18.2 Å². The van der Waals surface area contributed by atoms with Crippen molar-refractivity contribution in [2.45, 2.75) is 13.3 Å². The summed E-state index contributed by atoms with van der Waals surface area (Å²) in [4.78, 5) is 34.4. The van der Waals surface area contributed by atoms with Crippen molar-refractivity contribution >= 4 is 17.7 Å². The number of piperazine rings is 1. The molecule has 1 aliphatic heterocycles. The second-order valence-electron chi connectivity index (χ2n) is 6.38. The van der Waals surface area contributed by atoms with Gasteiger partial charge in [0.15, 0.2) is 17.3 Å². The Labute approximate surface area is 164 Å². The highest BCUT2D eigenvalue weighted by Gasteiger charge is 2.13. The number of hydrogen-bond acceptors (Lipinski definition) is 7. The zero-order valence-electron chi connectivity index (χ0n) is 16.5. The Bertz CT molecular complexity index is 658. The van der Waals surface area contributed by atoms with E-state index in [2.05, 4.69) is 16.8 Å². The molecule has 1 aliphatic rings. The number of carboxylic acid groups (broad SMARTS) is 2. The lowest BCUT2D eigenvalue weighted by Crippen LogP contribution is -2.44. The summed E-state index contributed by atoms with van der Waals surface area (Å²) < 4.78 is 11.1. The summed E-state index contributed by atoms with van der Waals surface area (Å²) in [5, 5.41) is 14.8. The van der Waals surface area contributed by atoms with Crippen LogP contribution in [-0.2, 0) is 9.59 Å². The fourth-order valence-electron chi connectivity index (χ4n) is 2.55. The minimum absolute atomic E-state index is 0.0277. The number of methoxy groups -OCH3 is 1. The molecule has 1 heterocycles. The average Bonchev–Trinajstić information content (AvgIpc) is 2.67. The molecule has 2 N–H and O–H groups in total. The van der Waals surface area contributed by atoms with Crippen molar-refractivity contribution in [1.29, 1.82) is 0 Å². The van der Waals surface area contributed by atoms with Crippen molar-refractivity contribution in [3.05, 3.63) is 23.8 Å². The maximum absolute atomic E-state index is 11.4. The van der Waals surface area contributed by atoms with Gasteiger partial charge in [0.1, 0.15) is 0 Å². The highest BCUT2D eigenvalue weighted by atomic mass is 16.5. The molecule has 9 nitrogen and oxygen atoms in total. The van der Waals surface area contributed by atoms with E-state index in [4.69, 9.17) is 29.3 Å². The van der Waals surface area contributed by atoms with Crippen LogP contribution in [0.3, 0.4) is 0 Å². The maximum atomic E-state index is 11.4. The first-order chi connectivity index (χ1) is 13.2. The molecule has 156 valence electrons. The predicted molar refractivity (Wildman–Crippen MR) is 102 cm³/mol. The third-order valence-electron chi connectivity index (χ3n) is 4.23. The summed E-state index contributed by atoms with van der Waals surface area (Å²) in [5.41, 5.74) is 0.640. The van der Waals surface area contributed by atoms with Crippen LogP contribution in [0.4, 0.5) is 0 Å². The minimum Gasteiger partial charge on any atom is -0.493 e. The highest BCUT2D eigenvalue weighted by Crippen LogP contribution is 2.28. The van der Waals surface area contributed by atoms with Crippen LogP contribution in [0.1, 0.15) is 23.7 Å². The first kappa shape index (κ1) is 23.4. The van der Waals surface area contributed by atoms with E-state index in [1.54, 1.807) is 26.2 Å². The van der Waals surface area contributed by atoms with E-state index in [1.165, 1.54) is 0 Å². The summed E-state index contributed by atoms with van der Waals surface area (Å²) in [7, 11) is 3.76. The van der Waals surface area contributed by atoms with Gasteiger partial charge < -0.3 is 29.5 Å². The monoisotopic (exact) mass is 396 g/mol. The molecule has 0 saturated carbocycles.